The molecule has 0 radical (unpaired) electrons. The Kier molecular flexibility index (Phi) is 7.23. The maximum Gasteiger partial charge on any atom is 0.254 e. The van der Waals surface area contributed by atoms with Crippen molar-refractivity contribution in [3.05, 3.63) is 94.2 Å². The number of carbonyl (C=O) groups is 1. The first-order chi connectivity index (χ1) is 17.2. The van der Waals surface area contributed by atoms with Crippen LogP contribution >= 0.6 is 11.3 Å². The van der Waals surface area contributed by atoms with E-state index in [1.807, 2.05) is 61.1 Å². The molecule has 2 aromatic heterocycles. The van der Waals surface area contributed by atoms with Gasteiger partial charge >= 0.3 is 0 Å². The van der Waals surface area contributed by atoms with Gasteiger partial charge in [-0.05, 0) is 67.8 Å². The van der Waals surface area contributed by atoms with Gasteiger partial charge in [0.15, 0.2) is 0 Å². The third kappa shape index (κ3) is 5.62. The van der Waals surface area contributed by atoms with Crippen LogP contribution in [0.3, 0.4) is 0 Å². The molecule has 0 N–H and O–H groups in total. The van der Waals surface area contributed by atoms with Crippen molar-refractivity contribution in [2.45, 2.75) is 51.6 Å². The molecule has 0 aliphatic heterocycles. The summed E-state index contributed by atoms with van der Waals surface area (Å²) in [7, 11) is 0. The van der Waals surface area contributed by atoms with Crippen LogP contribution < -0.4 is 4.74 Å². The molecule has 1 aliphatic carbocycles. The Bertz CT molecular complexity index is 1230. The van der Waals surface area contributed by atoms with Gasteiger partial charge in [0, 0.05) is 41.8 Å². The molecule has 0 spiro atoms. The zero-order valence-corrected chi connectivity index (χ0v) is 20.8. The van der Waals surface area contributed by atoms with E-state index in [4.69, 9.17) is 4.74 Å². The normalized spacial score (nSPS) is 13.7. The van der Waals surface area contributed by atoms with Gasteiger partial charge < -0.3 is 9.64 Å². The lowest BCUT2D eigenvalue weighted by molar-refractivity contribution is 0.0664. The van der Waals surface area contributed by atoms with Gasteiger partial charge in [0.25, 0.3) is 5.91 Å². The van der Waals surface area contributed by atoms with E-state index < -0.39 is 0 Å². The molecule has 6 nitrogen and oxygen atoms in total. The first-order valence-corrected chi connectivity index (χ1v) is 13.1. The number of benzene rings is 2. The van der Waals surface area contributed by atoms with Crippen LogP contribution in [0.15, 0.2) is 72.5 Å². The van der Waals surface area contributed by atoms with Crippen molar-refractivity contribution < 1.29 is 9.53 Å². The largest absolute Gasteiger partial charge is 0.493 e. The molecule has 2 heterocycles. The third-order valence-corrected chi connectivity index (χ3v) is 7.62. The van der Waals surface area contributed by atoms with Crippen molar-refractivity contribution in [3.8, 4) is 11.4 Å². The standard InChI is InChI=1S/C28H30N4O2S/c1-21-27(35-20-29-21)15-18-34-26-13-7-22(8-14-26)19-31(24-5-2-3-6-24)28(33)23-9-11-25(12-10-23)32-17-4-16-30-32/h4,7-14,16-17,20,24H,2-3,5-6,15,18-19H2,1H3. The van der Waals surface area contributed by atoms with E-state index in [1.54, 1.807) is 22.2 Å². The van der Waals surface area contributed by atoms with Gasteiger partial charge in [0.2, 0.25) is 0 Å². The van der Waals surface area contributed by atoms with Gasteiger partial charge in [-0.1, -0.05) is 25.0 Å². The highest BCUT2D eigenvalue weighted by Gasteiger charge is 2.27. The Morgan fingerprint density at radius 3 is 2.54 bits per heavy atom. The van der Waals surface area contributed by atoms with Gasteiger partial charge in [-0.3, -0.25) is 4.79 Å². The van der Waals surface area contributed by atoms with E-state index in [0.717, 1.165) is 42.0 Å². The molecule has 180 valence electrons. The number of hydrogen-bond donors (Lipinski definition) is 0. The van der Waals surface area contributed by atoms with Crippen LogP contribution in [0, 0.1) is 6.92 Å². The van der Waals surface area contributed by atoms with Crippen LogP contribution in [0.25, 0.3) is 5.69 Å². The molecule has 1 saturated carbocycles. The van der Waals surface area contributed by atoms with Crippen LogP contribution in [0.2, 0.25) is 0 Å². The number of ether oxygens (including phenoxy) is 1. The van der Waals surface area contributed by atoms with Crippen molar-refractivity contribution >= 4 is 17.2 Å². The minimum Gasteiger partial charge on any atom is -0.493 e. The molecule has 4 aromatic rings. The summed E-state index contributed by atoms with van der Waals surface area (Å²) in [5, 5.41) is 4.27. The molecule has 1 fully saturated rings. The van der Waals surface area contributed by atoms with Crippen molar-refractivity contribution in [2.75, 3.05) is 6.61 Å². The maximum absolute atomic E-state index is 13.6. The summed E-state index contributed by atoms with van der Waals surface area (Å²) >= 11 is 1.67. The first kappa shape index (κ1) is 23.3. The SMILES string of the molecule is Cc1ncsc1CCOc1ccc(CN(C(=O)c2ccc(-n3cccn3)cc2)C2CCCC2)cc1. The molecule has 7 heteroatoms. The Balaban J connectivity index is 1.24. The lowest BCUT2D eigenvalue weighted by atomic mass is 10.1. The average molecular weight is 487 g/mol. The number of thiazole rings is 1. The van der Waals surface area contributed by atoms with E-state index >= 15 is 0 Å². The van der Waals surface area contributed by atoms with Crippen LogP contribution in [0.5, 0.6) is 5.75 Å². The van der Waals surface area contributed by atoms with E-state index in [9.17, 15) is 4.79 Å². The second kappa shape index (κ2) is 10.9. The molecule has 35 heavy (non-hydrogen) atoms. The second-order valence-electron chi connectivity index (χ2n) is 8.97. The zero-order chi connectivity index (χ0) is 24.0. The van der Waals surface area contributed by atoms with Crippen molar-refractivity contribution in [1.82, 2.24) is 19.7 Å². The highest BCUT2D eigenvalue weighted by atomic mass is 32.1. The van der Waals surface area contributed by atoms with E-state index in [2.05, 4.69) is 27.1 Å². The van der Waals surface area contributed by atoms with Crippen LogP contribution in [-0.4, -0.2) is 38.2 Å². The van der Waals surface area contributed by atoms with Gasteiger partial charge in [0.1, 0.15) is 5.75 Å². The van der Waals surface area contributed by atoms with Crippen LogP contribution in [0.4, 0.5) is 0 Å². The fraction of sp³-hybridized carbons (Fsp3) is 0.321. The number of carbonyl (C=O) groups excluding carboxylic acids is 1. The van der Waals surface area contributed by atoms with Gasteiger partial charge in [-0.15, -0.1) is 11.3 Å². The number of aromatic nitrogens is 3. The van der Waals surface area contributed by atoms with Crippen LogP contribution in [-0.2, 0) is 13.0 Å². The molecule has 2 aromatic carbocycles. The third-order valence-electron chi connectivity index (χ3n) is 6.63. The molecule has 0 unspecified atom stereocenters. The molecule has 0 saturated heterocycles. The molecule has 1 aliphatic rings. The maximum atomic E-state index is 13.6. The Morgan fingerprint density at radius 1 is 1.11 bits per heavy atom. The Labute approximate surface area is 210 Å². The summed E-state index contributed by atoms with van der Waals surface area (Å²) < 4.78 is 7.74. The zero-order valence-electron chi connectivity index (χ0n) is 20.0. The van der Waals surface area contributed by atoms with E-state index in [0.29, 0.717) is 18.7 Å². The molecule has 0 bridgehead atoms. The second-order valence-corrected chi connectivity index (χ2v) is 9.91. The van der Waals surface area contributed by atoms with Crippen molar-refractivity contribution in [1.29, 1.82) is 0 Å². The highest BCUT2D eigenvalue weighted by Crippen LogP contribution is 2.27. The monoisotopic (exact) mass is 486 g/mol. The molecule has 1 amide bonds. The summed E-state index contributed by atoms with van der Waals surface area (Å²) in [5.74, 6) is 0.938. The van der Waals surface area contributed by atoms with Gasteiger partial charge in [-0.2, -0.15) is 5.10 Å². The quantitative estimate of drug-likeness (QED) is 0.298. The Morgan fingerprint density at radius 2 is 1.89 bits per heavy atom. The summed E-state index contributed by atoms with van der Waals surface area (Å²) in [6.07, 6.45) is 9.00. The number of hydrogen-bond acceptors (Lipinski definition) is 5. The lowest BCUT2D eigenvalue weighted by Crippen LogP contribution is -2.38. The fourth-order valence-corrected chi connectivity index (χ4v) is 5.40. The molecule has 5 rings (SSSR count). The fourth-order valence-electron chi connectivity index (χ4n) is 4.64. The minimum atomic E-state index is 0.0872. The minimum absolute atomic E-state index is 0.0872. The smallest absolute Gasteiger partial charge is 0.254 e. The number of amides is 1. The predicted octanol–water partition coefficient (Wildman–Crippen LogP) is 5.84. The summed E-state index contributed by atoms with van der Waals surface area (Å²) in [5.41, 5.74) is 5.74. The average Bonchev–Trinajstić information content (AvgIpc) is 3.67. The number of rotatable bonds is 9. The number of nitrogens with zero attached hydrogens (tertiary/aromatic N) is 4. The van der Waals surface area contributed by atoms with Crippen molar-refractivity contribution in [2.24, 2.45) is 0 Å². The van der Waals surface area contributed by atoms with E-state index in [1.165, 1.54) is 17.7 Å². The summed E-state index contributed by atoms with van der Waals surface area (Å²) in [6, 6.07) is 18.0. The predicted molar refractivity (Wildman–Crippen MR) is 138 cm³/mol. The number of aryl methyl sites for hydroxylation is 1. The molecule has 0 atom stereocenters. The first-order valence-electron chi connectivity index (χ1n) is 12.2. The van der Waals surface area contributed by atoms with Crippen LogP contribution in [0.1, 0.15) is 52.2 Å². The topological polar surface area (TPSA) is 60.2 Å². The molecular formula is C28H30N4O2S. The lowest BCUT2D eigenvalue weighted by Gasteiger charge is -2.29. The van der Waals surface area contributed by atoms with Gasteiger partial charge in [-0.25, -0.2) is 9.67 Å². The Hall–Kier alpha value is -3.45. The summed E-state index contributed by atoms with van der Waals surface area (Å²) in [4.78, 5) is 21.2. The summed E-state index contributed by atoms with van der Waals surface area (Å²) in [6.45, 7) is 3.26. The molecular weight excluding hydrogens is 456 g/mol. The van der Waals surface area contributed by atoms with E-state index in [-0.39, 0.29) is 11.9 Å². The van der Waals surface area contributed by atoms with Gasteiger partial charge in [0.05, 0.1) is 23.5 Å². The van der Waals surface area contributed by atoms with Crippen molar-refractivity contribution in [3.63, 3.8) is 0 Å². The highest BCUT2D eigenvalue weighted by molar-refractivity contribution is 7.09.